The highest BCUT2D eigenvalue weighted by Gasteiger charge is 2.22. The Morgan fingerprint density at radius 3 is 2.70 bits per heavy atom. The van der Waals surface area contributed by atoms with Gasteiger partial charge in [0.25, 0.3) is 0 Å². The second-order valence-corrected chi connectivity index (χ2v) is 7.37. The topological polar surface area (TPSA) is 96.0 Å². The maximum atomic E-state index is 11.6. The van der Waals surface area contributed by atoms with E-state index in [2.05, 4.69) is 16.7 Å². The molecule has 1 aliphatic rings. The molecule has 30 heavy (non-hydrogen) atoms. The van der Waals surface area contributed by atoms with Gasteiger partial charge in [0, 0.05) is 45.1 Å². The maximum absolute atomic E-state index is 11.6. The van der Waals surface area contributed by atoms with Gasteiger partial charge in [0.15, 0.2) is 6.29 Å². The van der Waals surface area contributed by atoms with E-state index < -0.39 is 5.91 Å². The largest absolute Gasteiger partial charge is 0.489 e. The Hall–Kier alpha value is -2.94. The highest BCUT2D eigenvalue weighted by Crippen LogP contribution is 2.36. The van der Waals surface area contributed by atoms with Crippen molar-refractivity contribution in [1.29, 1.82) is 0 Å². The first kappa shape index (κ1) is 21.8. The van der Waals surface area contributed by atoms with Crippen molar-refractivity contribution in [3.05, 3.63) is 71.7 Å². The van der Waals surface area contributed by atoms with Crippen LogP contribution in [0, 0.1) is 0 Å². The molecule has 3 rings (SSSR count). The smallest absolute Gasteiger partial charge is 0.248 e. The summed E-state index contributed by atoms with van der Waals surface area (Å²) in [7, 11) is 0. The normalized spacial score (nSPS) is 15.2. The van der Waals surface area contributed by atoms with E-state index in [1.54, 1.807) is 37.2 Å². The number of aliphatic imine (C=N–C) groups is 1. The van der Waals surface area contributed by atoms with E-state index in [1.165, 1.54) is 6.20 Å². The Kier molecular flexibility index (Phi) is 7.78. The number of benzene rings is 1. The molecule has 1 amide bonds. The third-order valence-corrected chi connectivity index (χ3v) is 5.38. The molecule has 1 fully saturated rings. The molecule has 0 spiro atoms. The zero-order chi connectivity index (χ0) is 21.3. The molecule has 0 bridgehead atoms. The molecule has 7 nitrogen and oxygen atoms in total. The Morgan fingerprint density at radius 1 is 1.33 bits per heavy atom. The Balaban J connectivity index is 1.67. The van der Waals surface area contributed by atoms with Crippen molar-refractivity contribution < 1.29 is 19.0 Å². The van der Waals surface area contributed by atoms with Gasteiger partial charge < -0.3 is 19.9 Å². The van der Waals surface area contributed by atoms with Crippen LogP contribution in [0.3, 0.4) is 0 Å². The van der Waals surface area contributed by atoms with E-state index in [1.807, 2.05) is 30.3 Å². The quantitative estimate of drug-likeness (QED) is 0.374. The molecule has 0 radical (unpaired) electrons. The van der Waals surface area contributed by atoms with Gasteiger partial charge in [-0.1, -0.05) is 17.8 Å². The number of hydrogen-bond acceptors (Lipinski definition) is 7. The number of rotatable bonds is 9. The average molecular weight is 426 g/mol. The third-order valence-electron chi connectivity index (χ3n) is 4.28. The first-order valence-electron chi connectivity index (χ1n) is 9.31. The van der Waals surface area contributed by atoms with Crippen molar-refractivity contribution >= 4 is 24.4 Å². The molecule has 1 aromatic carbocycles. The Labute approximate surface area is 179 Å². The molecule has 1 aliphatic heterocycles. The molecule has 0 unspecified atom stereocenters. The third kappa shape index (κ3) is 5.56. The van der Waals surface area contributed by atoms with E-state index in [0.29, 0.717) is 30.1 Å². The number of carbonyl (C=O) groups is 1. The lowest BCUT2D eigenvalue weighted by Gasteiger charge is -2.14. The summed E-state index contributed by atoms with van der Waals surface area (Å²) in [4.78, 5) is 21.5. The van der Waals surface area contributed by atoms with E-state index >= 15 is 0 Å². The summed E-state index contributed by atoms with van der Waals surface area (Å²) in [5.74, 6) is 0.123. The fourth-order valence-electron chi connectivity index (χ4n) is 2.87. The van der Waals surface area contributed by atoms with E-state index in [-0.39, 0.29) is 12.9 Å². The van der Waals surface area contributed by atoms with E-state index in [9.17, 15) is 4.79 Å². The highest BCUT2D eigenvalue weighted by atomic mass is 32.2. The van der Waals surface area contributed by atoms with Gasteiger partial charge in [-0.2, -0.15) is 0 Å². The van der Waals surface area contributed by atoms with Crippen molar-refractivity contribution in [2.24, 2.45) is 10.7 Å². The summed E-state index contributed by atoms with van der Waals surface area (Å²) in [6.07, 6.45) is 6.25. The number of primary amides is 1. The zero-order valence-corrected chi connectivity index (χ0v) is 17.4. The molecular weight excluding hydrogens is 402 g/mol. The van der Waals surface area contributed by atoms with Crippen LogP contribution in [0.25, 0.3) is 0 Å². The number of amides is 1. The van der Waals surface area contributed by atoms with Crippen LogP contribution in [0.4, 0.5) is 0 Å². The second-order valence-electron chi connectivity index (χ2n) is 6.25. The van der Waals surface area contributed by atoms with Crippen molar-refractivity contribution in [1.82, 2.24) is 4.98 Å². The van der Waals surface area contributed by atoms with Crippen LogP contribution in [-0.2, 0) is 14.3 Å². The van der Waals surface area contributed by atoms with Crippen LogP contribution in [0.2, 0.25) is 0 Å². The molecule has 156 valence electrons. The van der Waals surface area contributed by atoms with E-state index in [0.717, 1.165) is 15.4 Å². The molecule has 2 N–H and O–H groups in total. The predicted octanol–water partition coefficient (Wildman–Crippen LogP) is 3.67. The van der Waals surface area contributed by atoms with Crippen LogP contribution >= 0.6 is 11.8 Å². The van der Waals surface area contributed by atoms with E-state index in [4.69, 9.17) is 19.9 Å². The van der Waals surface area contributed by atoms with Crippen LogP contribution in [-0.4, -0.2) is 37.4 Å². The van der Waals surface area contributed by atoms with Gasteiger partial charge in [-0.15, -0.1) is 0 Å². The number of carbonyl (C=O) groups excluding carboxylic acids is 1. The zero-order valence-electron chi connectivity index (χ0n) is 16.6. The summed E-state index contributed by atoms with van der Waals surface area (Å²) < 4.78 is 17.0. The summed E-state index contributed by atoms with van der Waals surface area (Å²) in [5.41, 5.74) is 7.25. The average Bonchev–Trinajstić information content (AvgIpc) is 3.28. The van der Waals surface area contributed by atoms with Crippen molar-refractivity contribution in [3.8, 4) is 5.75 Å². The Morgan fingerprint density at radius 2 is 2.07 bits per heavy atom. The van der Waals surface area contributed by atoms with Gasteiger partial charge in [0.2, 0.25) is 5.91 Å². The molecule has 2 aromatic rings. The molecule has 0 saturated carbocycles. The van der Waals surface area contributed by atoms with Gasteiger partial charge in [-0.25, -0.2) is 0 Å². The second kappa shape index (κ2) is 10.7. The molecule has 0 atom stereocenters. The van der Waals surface area contributed by atoms with Crippen molar-refractivity contribution in [2.45, 2.75) is 23.0 Å². The number of allylic oxidation sites excluding steroid dienone is 1. The van der Waals surface area contributed by atoms with Gasteiger partial charge in [0.05, 0.1) is 13.2 Å². The fourth-order valence-corrected chi connectivity index (χ4v) is 3.80. The lowest BCUT2D eigenvalue weighted by atomic mass is 10.1. The van der Waals surface area contributed by atoms with Gasteiger partial charge in [0.1, 0.15) is 12.4 Å². The minimum atomic E-state index is -0.536. The number of nitrogens with two attached hydrogens (primary N) is 1. The molecule has 8 heteroatoms. The minimum Gasteiger partial charge on any atom is -0.489 e. The predicted molar refractivity (Wildman–Crippen MR) is 116 cm³/mol. The summed E-state index contributed by atoms with van der Waals surface area (Å²) in [5, 5.41) is 0. The maximum Gasteiger partial charge on any atom is 0.248 e. The first-order valence-corrected chi connectivity index (χ1v) is 10.1. The summed E-state index contributed by atoms with van der Waals surface area (Å²) in [6, 6.07) is 9.59. The van der Waals surface area contributed by atoms with Crippen molar-refractivity contribution in [2.75, 3.05) is 19.8 Å². The standard InChI is InChI=1S/C22H23N3O4S/c1-3-18(21(23)26)15(12-24-2)14-29-16-4-6-17(7-5-16)30-20-8-9-25-13-19(20)22-27-10-11-28-22/h3-9,12-13,22H,2,10-11,14H2,1H3,(H2,23,26)/b15-12-,18-3+. The summed E-state index contributed by atoms with van der Waals surface area (Å²) in [6.45, 7) is 6.48. The molecule has 2 heterocycles. The van der Waals surface area contributed by atoms with Gasteiger partial charge >= 0.3 is 0 Å². The number of aromatic nitrogens is 1. The summed E-state index contributed by atoms with van der Waals surface area (Å²) >= 11 is 1.59. The number of ether oxygens (including phenoxy) is 3. The molecule has 0 aliphatic carbocycles. The lowest BCUT2D eigenvalue weighted by Crippen LogP contribution is -2.18. The minimum absolute atomic E-state index is 0.152. The highest BCUT2D eigenvalue weighted by molar-refractivity contribution is 7.99. The first-order chi connectivity index (χ1) is 14.6. The molecule has 1 aromatic heterocycles. The van der Waals surface area contributed by atoms with Gasteiger partial charge in [-0.3, -0.25) is 14.8 Å². The monoisotopic (exact) mass is 425 g/mol. The van der Waals surface area contributed by atoms with Crippen LogP contribution < -0.4 is 10.5 Å². The fraction of sp³-hybridized carbons (Fsp3) is 0.227. The van der Waals surface area contributed by atoms with Crippen LogP contribution in [0.15, 0.2) is 80.9 Å². The number of pyridine rings is 1. The SMILES string of the molecule is C=N/C=C(COc1ccc(Sc2ccncc2C2OCCO2)cc1)\C(=C/C)C(N)=O. The van der Waals surface area contributed by atoms with Crippen molar-refractivity contribution in [3.63, 3.8) is 0 Å². The molecule has 1 saturated heterocycles. The van der Waals surface area contributed by atoms with Crippen LogP contribution in [0.1, 0.15) is 18.8 Å². The van der Waals surface area contributed by atoms with Gasteiger partial charge in [-0.05, 0) is 44.0 Å². The Bertz CT molecular complexity index is 951. The molecular formula is C22H23N3O4S. The number of nitrogens with zero attached hydrogens (tertiary/aromatic N) is 2. The number of hydrogen-bond donors (Lipinski definition) is 1. The lowest BCUT2D eigenvalue weighted by molar-refractivity contribution is -0.114. The van der Waals surface area contributed by atoms with Crippen LogP contribution in [0.5, 0.6) is 5.75 Å².